The number of rotatable bonds is 6. The molecule has 1 N–H and O–H groups in total. The van der Waals surface area contributed by atoms with Crippen molar-refractivity contribution < 1.29 is 4.74 Å². The number of anilines is 1. The van der Waals surface area contributed by atoms with Crippen molar-refractivity contribution in [1.82, 2.24) is 14.7 Å². The summed E-state index contributed by atoms with van der Waals surface area (Å²) in [5.41, 5.74) is 2.63. The third-order valence-corrected chi connectivity index (χ3v) is 4.14. The minimum Gasteiger partial charge on any atom is -0.379 e. The molecule has 1 aliphatic heterocycles. The lowest BCUT2D eigenvalue weighted by atomic mass is 10.1. The summed E-state index contributed by atoms with van der Waals surface area (Å²) in [6.45, 7) is 9.83. The van der Waals surface area contributed by atoms with E-state index in [4.69, 9.17) is 4.74 Å². The molecule has 0 aliphatic carbocycles. The fourth-order valence-electron chi connectivity index (χ4n) is 2.69. The Morgan fingerprint density at radius 1 is 1.09 bits per heavy atom. The average molecular weight is 314 g/mol. The van der Waals surface area contributed by atoms with Crippen molar-refractivity contribution in [2.45, 2.75) is 33.0 Å². The van der Waals surface area contributed by atoms with E-state index in [1.807, 2.05) is 16.9 Å². The van der Waals surface area contributed by atoms with Crippen LogP contribution in [-0.4, -0.2) is 41.0 Å². The second kappa shape index (κ2) is 7.62. The van der Waals surface area contributed by atoms with Gasteiger partial charge in [-0.1, -0.05) is 24.3 Å². The van der Waals surface area contributed by atoms with Gasteiger partial charge in [0, 0.05) is 44.5 Å². The zero-order valence-corrected chi connectivity index (χ0v) is 14.0. The molecular weight excluding hydrogens is 288 g/mol. The van der Waals surface area contributed by atoms with Gasteiger partial charge in [0.05, 0.1) is 13.2 Å². The van der Waals surface area contributed by atoms with Gasteiger partial charge in [0.25, 0.3) is 0 Å². The SMILES string of the molecule is CC(C)n1ccc(NCc2ccc(CN3CCOCC3)cc2)n1. The highest BCUT2D eigenvalue weighted by Gasteiger charge is 2.10. The lowest BCUT2D eigenvalue weighted by Gasteiger charge is -2.26. The van der Waals surface area contributed by atoms with E-state index in [9.17, 15) is 0 Å². The van der Waals surface area contributed by atoms with E-state index in [0.717, 1.165) is 45.2 Å². The first-order valence-electron chi connectivity index (χ1n) is 8.37. The Morgan fingerprint density at radius 2 is 1.78 bits per heavy atom. The zero-order valence-electron chi connectivity index (χ0n) is 14.0. The number of ether oxygens (including phenoxy) is 1. The lowest BCUT2D eigenvalue weighted by Crippen LogP contribution is -2.35. The Morgan fingerprint density at radius 3 is 2.43 bits per heavy atom. The standard InChI is InChI=1S/C18H26N4O/c1-15(2)22-8-7-18(20-22)19-13-16-3-5-17(6-4-16)14-21-9-11-23-12-10-21/h3-8,15H,9-14H2,1-2H3,(H,19,20). The molecular formula is C18H26N4O. The van der Waals surface area contributed by atoms with Crippen LogP contribution in [0.4, 0.5) is 5.82 Å². The lowest BCUT2D eigenvalue weighted by molar-refractivity contribution is 0.0342. The van der Waals surface area contributed by atoms with Crippen molar-refractivity contribution >= 4 is 5.82 Å². The largest absolute Gasteiger partial charge is 0.379 e. The fraction of sp³-hybridized carbons (Fsp3) is 0.500. The second-order valence-electron chi connectivity index (χ2n) is 6.33. The van der Waals surface area contributed by atoms with Crippen LogP contribution < -0.4 is 5.32 Å². The molecule has 1 aromatic carbocycles. The summed E-state index contributed by atoms with van der Waals surface area (Å²) < 4.78 is 7.36. The third kappa shape index (κ3) is 4.56. The van der Waals surface area contributed by atoms with Gasteiger partial charge in [-0.3, -0.25) is 9.58 Å². The molecule has 0 amide bonds. The van der Waals surface area contributed by atoms with E-state index < -0.39 is 0 Å². The van der Waals surface area contributed by atoms with Gasteiger partial charge >= 0.3 is 0 Å². The van der Waals surface area contributed by atoms with Crippen molar-refractivity contribution in [3.05, 3.63) is 47.7 Å². The number of benzene rings is 1. The van der Waals surface area contributed by atoms with Gasteiger partial charge < -0.3 is 10.1 Å². The van der Waals surface area contributed by atoms with E-state index in [2.05, 4.69) is 53.4 Å². The zero-order chi connectivity index (χ0) is 16.1. The predicted octanol–water partition coefficient (Wildman–Crippen LogP) is 2.91. The first-order chi connectivity index (χ1) is 11.2. The van der Waals surface area contributed by atoms with Gasteiger partial charge in [-0.15, -0.1) is 0 Å². The monoisotopic (exact) mass is 314 g/mol. The van der Waals surface area contributed by atoms with Crippen LogP contribution in [0.15, 0.2) is 36.5 Å². The molecule has 1 aromatic heterocycles. The molecule has 5 nitrogen and oxygen atoms in total. The number of hydrogen-bond donors (Lipinski definition) is 1. The summed E-state index contributed by atoms with van der Waals surface area (Å²) in [6, 6.07) is 11.3. The molecule has 0 atom stereocenters. The van der Waals surface area contributed by atoms with Crippen molar-refractivity contribution in [2.24, 2.45) is 0 Å². The molecule has 0 unspecified atom stereocenters. The molecule has 124 valence electrons. The third-order valence-electron chi connectivity index (χ3n) is 4.14. The number of nitrogens with zero attached hydrogens (tertiary/aromatic N) is 3. The minimum absolute atomic E-state index is 0.394. The highest BCUT2D eigenvalue weighted by molar-refractivity contribution is 5.34. The molecule has 0 bridgehead atoms. The van der Waals surface area contributed by atoms with Crippen LogP contribution >= 0.6 is 0 Å². The van der Waals surface area contributed by atoms with Crippen molar-refractivity contribution in [3.8, 4) is 0 Å². The van der Waals surface area contributed by atoms with Gasteiger partial charge in [0.15, 0.2) is 0 Å². The highest BCUT2D eigenvalue weighted by Crippen LogP contribution is 2.12. The molecule has 1 fully saturated rings. The Balaban J connectivity index is 1.50. The van der Waals surface area contributed by atoms with E-state index >= 15 is 0 Å². The summed E-state index contributed by atoms with van der Waals surface area (Å²) in [5.74, 6) is 0.927. The molecule has 1 saturated heterocycles. The Kier molecular flexibility index (Phi) is 5.31. The molecule has 2 heterocycles. The van der Waals surface area contributed by atoms with Crippen molar-refractivity contribution in [1.29, 1.82) is 0 Å². The van der Waals surface area contributed by atoms with Crippen LogP contribution in [-0.2, 0) is 17.8 Å². The van der Waals surface area contributed by atoms with E-state index in [0.29, 0.717) is 6.04 Å². The fourth-order valence-corrected chi connectivity index (χ4v) is 2.69. The highest BCUT2D eigenvalue weighted by atomic mass is 16.5. The molecule has 3 rings (SSSR count). The predicted molar refractivity (Wildman–Crippen MR) is 92.5 cm³/mol. The van der Waals surface area contributed by atoms with Crippen molar-refractivity contribution in [2.75, 3.05) is 31.6 Å². The molecule has 2 aromatic rings. The van der Waals surface area contributed by atoms with E-state index in [1.54, 1.807) is 0 Å². The average Bonchev–Trinajstić information content (AvgIpc) is 3.04. The maximum atomic E-state index is 5.39. The summed E-state index contributed by atoms with van der Waals surface area (Å²) in [7, 11) is 0. The summed E-state index contributed by atoms with van der Waals surface area (Å²) in [6.07, 6.45) is 2.01. The Labute approximate surface area is 138 Å². The number of nitrogens with one attached hydrogen (secondary N) is 1. The second-order valence-corrected chi connectivity index (χ2v) is 6.33. The smallest absolute Gasteiger partial charge is 0.148 e. The number of hydrogen-bond acceptors (Lipinski definition) is 4. The van der Waals surface area contributed by atoms with Gasteiger partial charge in [0.2, 0.25) is 0 Å². The quantitative estimate of drug-likeness (QED) is 0.890. The first kappa shape index (κ1) is 16.0. The van der Waals surface area contributed by atoms with Gasteiger partial charge in [-0.05, 0) is 25.0 Å². The van der Waals surface area contributed by atoms with Gasteiger partial charge in [-0.25, -0.2) is 0 Å². The van der Waals surface area contributed by atoms with E-state index in [-0.39, 0.29) is 0 Å². The van der Waals surface area contributed by atoms with Crippen LogP contribution in [0.25, 0.3) is 0 Å². The van der Waals surface area contributed by atoms with Crippen LogP contribution in [0.1, 0.15) is 31.0 Å². The Hall–Kier alpha value is -1.85. The normalized spacial score (nSPS) is 16.0. The molecule has 23 heavy (non-hydrogen) atoms. The topological polar surface area (TPSA) is 42.3 Å². The molecule has 0 radical (unpaired) electrons. The summed E-state index contributed by atoms with van der Waals surface area (Å²) >= 11 is 0. The maximum Gasteiger partial charge on any atom is 0.148 e. The number of aromatic nitrogens is 2. The van der Waals surface area contributed by atoms with Crippen LogP contribution in [0.2, 0.25) is 0 Å². The van der Waals surface area contributed by atoms with E-state index in [1.165, 1.54) is 11.1 Å². The van der Waals surface area contributed by atoms with Gasteiger partial charge in [0.1, 0.15) is 5.82 Å². The molecule has 5 heteroatoms. The van der Waals surface area contributed by atoms with Crippen molar-refractivity contribution in [3.63, 3.8) is 0 Å². The Bertz CT molecular complexity index is 600. The summed E-state index contributed by atoms with van der Waals surface area (Å²) in [4.78, 5) is 2.44. The minimum atomic E-state index is 0.394. The maximum absolute atomic E-state index is 5.39. The number of morpholine rings is 1. The molecule has 1 aliphatic rings. The van der Waals surface area contributed by atoms with Gasteiger partial charge in [-0.2, -0.15) is 5.10 Å². The van der Waals surface area contributed by atoms with Crippen LogP contribution in [0.5, 0.6) is 0 Å². The van der Waals surface area contributed by atoms with Crippen LogP contribution in [0, 0.1) is 0 Å². The molecule has 0 saturated carbocycles. The summed E-state index contributed by atoms with van der Waals surface area (Å²) in [5, 5.41) is 7.88. The van der Waals surface area contributed by atoms with Crippen LogP contribution in [0.3, 0.4) is 0 Å². The first-order valence-corrected chi connectivity index (χ1v) is 8.37. The molecule has 0 spiro atoms.